The Morgan fingerprint density at radius 1 is 1.23 bits per heavy atom. The first kappa shape index (κ1) is 24.9. The Kier molecular flexibility index (Phi) is 7.27. The van der Waals surface area contributed by atoms with Crippen LogP contribution in [0.15, 0.2) is 59.5 Å². The topological polar surface area (TPSA) is 71.8 Å². The summed E-state index contributed by atoms with van der Waals surface area (Å²) in [5.41, 5.74) is 0.686. The number of carbonyl (C=O) groups is 1. The third-order valence-corrected chi connectivity index (χ3v) is 6.76. The van der Waals surface area contributed by atoms with Crippen molar-refractivity contribution in [1.29, 1.82) is 0 Å². The van der Waals surface area contributed by atoms with E-state index in [2.05, 4.69) is 4.98 Å². The van der Waals surface area contributed by atoms with Gasteiger partial charge in [-0.05, 0) is 25.1 Å². The van der Waals surface area contributed by atoms with E-state index in [1.54, 1.807) is 24.5 Å². The normalized spacial score (nSPS) is 17.0. The largest absolute Gasteiger partial charge is 0.489 e. The number of imidazole rings is 1. The lowest BCUT2D eigenvalue weighted by Crippen LogP contribution is -2.13. The number of benzene rings is 2. The fraction of sp³-hybridized carbons (Fsp3) is 0.333. The van der Waals surface area contributed by atoms with E-state index in [1.807, 2.05) is 4.57 Å². The van der Waals surface area contributed by atoms with Gasteiger partial charge in [0.05, 0.1) is 35.4 Å². The molecule has 35 heavy (non-hydrogen) atoms. The van der Waals surface area contributed by atoms with Gasteiger partial charge < -0.3 is 23.5 Å². The van der Waals surface area contributed by atoms with Gasteiger partial charge in [0.1, 0.15) is 22.5 Å². The maximum Gasteiger partial charge on any atom is 0.416 e. The summed E-state index contributed by atoms with van der Waals surface area (Å²) in [7, 11) is 2.77. The van der Waals surface area contributed by atoms with Crippen molar-refractivity contribution in [2.24, 2.45) is 0 Å². The van der Waals surface area contributed by atoms with Gasteiger partial charge in [0.25, 0.3) is 0 Å². The summed E-state index contributed by atoms with van der Waals surface area (Å²) in [5.74, 6) is 0.237. The van der Waals surface area contributed by atoms with Crippen LogP contribution in [0.25, 0.3) is 11.0 Å². The third-order valence-electron chi connectivity index (χ3n) is 5.46. The Morgan fingerprint density at radius 3 is 2.71 bits per heavy atom. The number of hydrogen-bond donors (Lipinski definition) is 0. The number of ether oxygens (including phenoxy) is 4. The highest BCUT2D eigenvalue weighted by Crippen LogP contribution is 2.48. The summed E-state index contributed by atoms with van der Waals surface area (Å²) in [6.45, 7) is 1.61. The molecular formula is C24H23F3N2O5S. The molecule has 11 heteroatoms. The van der Waals surface area contributed by atoms with E-state index in [9.17, 15) is 18.0 Å². The van der Waals surface area contributed by atoms with E-state index in [-0.39, 0.29) is 34.8 Å². The fourth-order valence-electron chi connectivity index (χ4n) is 3.84. The van der Waals surface area contributed by atoms with E-state index < -0.39 is 23.8 Å². The lowest BCUT2D eigenvalue weighted by atomic mass is 10.0. The van der Waals surface area contributed by atoms with Crippen LogP contribution in [0.4, 0.5) is 13.2 Å². The number of allylic oxidation sites excluding steroid dienone is 1. The number of hydrogen-bond acceptors (Lipinski definition) is 7. The molecule has 1 unspecified atom stereocenters. The van der Waals surface area contributed by atoms with Gasteiger partial charge >= 0.3 is 12.1 Å². The monoisotopic (exact) mass is 508 g/mol. The molecule has 4 rings (SSSR count). The van der Waals surface area contributed by atoms with Crippen LogP contribution in [-0.4, -0.2) is 36.5 Å². The van der Waals surface area contributed by atoms with Gasteiger partial charge in [-0.25, -0.2) is 9.78 Å². The minimum absolute atomic E-state index is 0.0156. The quantitative estimate of drug-likeness (QED) is 0.280. The van der Waals surface area contributed by atoms with Crippen molar-refractivity contribution in [3.05, 3.63) is 70.6 Å². The number of esters is 1. The van der Waals surface area contributed by atoms with Crippen molar-refractivity contribution in [1.82, 2.24) is 9.55 Å². The summed E-state index contributed by atoms with van der Waals surface area (Å²) in [5, 5.41) is -0.327. The Hall–Kier alpha value is -3.18. The number of rotatable bonds is 8. The van der Waals surface area contributed by atoms with Gasteiger partial charge in [0.15, 0.2) is 6.79 Å². The minimum atomic E-state index is -4.53. The maximum absolute atomic E-state index is 13.5. The summed E-state index contributed by atoms with van der Waals surface area (Å²) in [6, 6.07) is 10.6. The second-order valence-corrected chi connectivity index (χ2v) is 8.91. The molecule has 0 spiro atoms. The average Bonchev–Trinajstić information content (AvgIpc) is 3.45. The highest BCUT2D eigenvalue weighted by Gasteiger charge is 2.37. The second-order valence-electron chi connectivity index (χ2n) is 7.72. The molecule has 3 aromatic rings. The molecule has 1 aliphatic heterocycles. The van der Waals surface area contributed by atoms with Gasteiger partial charge in [-0.3, -0.25) is 0 Å². The summed E-state index contributed by atoms with van der Waals surface area (Å²) >= 11 is 1.21. The molecule has 0 saturated carbocycles. The van der Waals surface area contributed by atoms with Crippen LogP contribution in [0.5, 0.6) is 5.75 Å². The molecule has 186 valence electrons. The number of aromatic nitrogens is 2. The van der Waals surface area contributed by atoms with Crippen molar-refractivity contribution in [2.45, 2.75) is 31.0 Å². The Bertz CT molecular complexity index is 1260. The molecule has 0 radical (unpaired) electrons. The van der Waals surface area contributed by atoms with Crippen LogP contribution in [-0.2, 0) is 25.2 Å². The number of nitrogens with zero attached hydrogens (tertiary/aromatic N) is 2. The molecule has 2 aromatic carbocycles. The smallest absolute Gasteiger partial charge is 0.416 e. The summed E-state index contributed by atoms with van der Waals surface area (Å²) in [4.78, 5) is 17.1. The zero-order valence-electron chi connectivity index (χ0n) is 19.2. The number of fused-ring (bicyclic) bond motifs is 1. The molecular weight excluding hydrogens is 485 g/mol. The van der Waals surface area contributed by atoms with Crippen molar-refractivity contribution >= 4 is 28.8 Å². The van der Waals surface area contributed by atoms with E-state index in [4.69, 9.17) is 18.9 Å². The van der Waals surface area contributed by atoms with Gasteiger partial charge in [-0.2, -0.15) is 13.2 Å². The number of halogens is 3. The van der Waals surface area contributed by atoms with Crippen LogP contribution < -0.4 is 4.74 Å². The van der Waals surface area contributed by atoms with Crippen molar-refractivity contribution in [3.8, 4) is 5.75 Å². The second kappa shape index (κ2) is 10.2. The molecule has 7 nitrogen and oxygen atoms in total. The van der Waals surface area contributed by atoms with Gasteiger partial charge in [0, 0.05) is 25.2 Å². The molecule has 1 aromatic heterocycles. The lowest BCUT2D eigenvalue weighted by molar-refractivity contribution is -0.139. The number of thioether (sulfide) groups is 1. The summed E-state index contributed by atoms with van der Waals surface area (Å²) in [6.07, 6.45) is -3.58. The van der Waals surface area contributed by atoms with Crippen LogP contribution in [0.2, 0.25) is 0 Å². The molecule has 0 saturated heterocycles. The van der Waals surface area contributed by atoms with E-state index >= 15 is 0 Å². The van der Waals surface area contributed by atoms with Crippen molar-refractivity contribution < 1.29 is 36.9 Å². The molecule has 0 fully saturated rings. The number of methoxy groups -OCH3 is 2. The zero-order chi connectivity index (χ0) is 25.2. The predicted molar refractivity (Wildman–Crippen MR) is 123 cm³/mol. The first-order valence-electron chi connectivity index (χ1n) is 10.6. The molecule has 1 aliphatic rings. The van der Waals surface area contributed by atoms with E-state index in [0.29, 0.717) is 5.75 Å². The fourth-order valence-corrected chi connectivity index (χ4v) is 5.08. The van der Waals surface area contributed by atoms with E-state index in [1.165, 1.54) is 51.1 Å². The van der Waals surface area contributed by atoms with Crippen LogP contribution in [0, 0.1) is 0 Å². The average molecular weight is 509 g/mol. The Balaban J connectivity index is 1.62. The SMILES string of the molecule is COCOc1ccc2ncn([C@@H]3CC(OC(C)c4ccccc4C(F)(F)F)=C(C(=O)OC)S3)c2c1. The highest BCUT2D eigenvalue weighted by molar-refractivity contribution is 8.04. The first-order chi connectivity index (χ1) is 16.7. The Labute approximate surface area is 203 Å². The standard InChI is InChI=1S/C24H23F3N2O5S/c1-14(16-6-4-5-7-17(16)24(25,26)27)34-20-11-21(35-22(20)23(30)32-3)29-12-28-18-9-8-15(10-19(18)29)33-13-31-2/h4-10,12,14,21H,11,13H2,1-3H3/t14?,21-/m0/s1. The zero-order valence-corrected chi connectivity index (χ0v) is 20.0. The van der Waals surface area contributed by atoms with Crippen molar-refractivity contribution in [3.63, 3.8) is 0 Å². The van der Waals surface area contributed by atoms with Crippen LogP contribution >= 0.6 is 11.8 Å². The van der Waals surface area contributed by atoms with E-state index in [0.717, 1.165) is 17.1 Å². The number of carbonyl (C=O) groups excluding carboxylic acids is 1. The molecule has 2 atom stereocenters. The molecule has 2 heterocycles. The van der Waals surface area contributed by atoms with Crippen LogP contribution in [0.3, 0.4) is 0 Å². The van der Waals surface area contributed by atoms with Crippen molar-refractivity contribution in [2.75, 3.05) is 21.0 Å². The minimum Gasteiger partial charge on any atom is -0.489 e. The predicted octanol–water partition coefficient (Wildman–Crippen LogP) is 5.84. The third kappa shape index (κ3) is 5.25. The molecule has 0 bridgehead atoms. The molecule has 0 aliphatic carbocycles. The maximum atomic E-state index is 13.5. The lowest BCUT2D eigenvalue weighted by Gasteiger charge is -2.21. The van der Waals surface area contributed by atoms with Gasteiger partial charge in [0.2, 0.25) is 0 Å². The Morgan fingerprint density at radius 2 is 2.00 bits per heavy atom. The van der Waals surface area contributed by atoms with Gasteiger partial charge in [-0.15, -0.1) is 0 Å². The molecule has 0 amide bonds. The molecule has 0 N–H and O–H groups in total. The first-order valence-corrected chi connectivity index (χ1v) is 11.5. The van der Waals surface area contributed by atoms with Crippen LogP contribution in [0.1, 0.15) is 35.9 Å². The highest BCUT2D eigenvalue weighted by atomic mass is 32.2. The summed E-state index contributed by atoms with van der Waals surface area (Å²) < 4.78 is 63.8. The van der Waals surface area contributed by atoms with Gasteiger partial charge in [-0.1, -0.05) is 30.0 Å². The number of alkyl halides is 3.